The number of hydrogen-bond donors (Lipinski definition) is 2. The normalized spacial score (nSPS) is 22.9. The van der Waals surface area contributed by atoms with Crippen molar-refractivity contribution in [3.8, 4) is 22.3 Å². The van der Waals surface area contributed by atoms with Crippen LogP contribution in [-0.4, -0.2) is 47.8 Å². The predicted octanol–water partition coefficient (Wildman–Crippen LogP) is 8.95. The number of benzene rings is 4. The number of nitrogens with one attached hydrogen (secondary N) is 2. The predicted molar refractivity (Wildman–Crippen MR) is 204 cm³/mol. The lowest BCUT2D eigenvalue weighted by atomic mass is 9.82. The number of carbonyl (C=O) groups excluding carboxylic acids is 3. The highest BCUT2D eigenvalue weighted by atomic mass is 35.5. The monoisotopic (exact) mass is 757 g/mol. The summed E-state index contributed by atoms with van der Waals surface area (Å²) in [6, 6.07) is 24.9. The van der Waals surface area contributed by atoms with Crippen LogP contribution in [0.25, 0.3) is 22.3 Å². The molecule has 4 aromatic carbocycles. The van der Waals surface area contributed by atoms with Crippen molar-refractivity contribution in [3.63, 3.8) is 0 Å². The Hall–Kier alpha value is -4.27. The van der Waals surface area contributed by atoms with Crippen molar-refractivity contribution in [1.29, 1.82) is 0 Å². The molecule has 4 fully saturated rings. The number of nitrogens with zero attached hydrogens (tertiary/aromatic N) is 1. The molecule has 8 rings (SSSR count). The molecule has 1 aliphatic carbocycles. The van der Waals surface area contributed by atoms with E-state index in [-0.39, 0.29) is 46.9 Å². The summed E-state index contributed by atoms with van der Waals surface area (Å²) >= 11 is 12.0. The van der Waals surface area contributed by atoms with Gasteiger partial charge in [0, 0.05) is 53.3 Å². The molecule has 3 saturated heterocycles. The molecular formula is C43H43Cl2F2N3O3. The zero-order valence-corrected chi connectivity index (χ0v) is 31.2. The zero-order chi connectivity index (χ0) is 37.3. The largest absolute Gasteiger partial charge is 0.353 e. The molecule has 276 valence electrons. The van der Waals surface area contributed by atoms with Crippen LogP contribution < -0.4 is 10.6 Å². The maximum absolute atomic E-state index is 14.1. The average molecular weight is 759 g/mol. The number of rotatable bonds is 6. The zero-order valence-electron chi connectivity index (χ0n) is 29.7. The molecule has 2 N–H and O–H groups in total. The second kappa shape index (κ2) is 15.2. The van der Waals surface area contributed by atoms with Crippen molar-refractivity contribution in [1.82, 2.24) is 15.5 Å². The van der Waals surface area contributed by atoms with Crippen LogP contribution in [0.5, 0.6) is 0 Å². The maximum Gasteiger partial charge on any atom is 0.228 e. The standard InChI is InChI=1S/C22H22ClFN2O2.C21H21ClFNO/c1-14(27)26-9-8-22(13-26)12-18(25-21(22)28)10-15-2-4-16(5-3-15)19-11-17(23)6-7-20(19)24;22-16-7-8-19(23)18(12-16)15-5-3-14(4-6-15)11-17-13-21(20(25)24-17)9-1-2-10-21/h2-7,11,18H,8-10,12-13H2,1H3,(H,25,28);3-8,12,17H,1-2,9-11,13H2,(H,24,25)/t18-,22?;17-/m11/s1. The number of amides is 3. The summed E-state index contributed by atoms with van der Waals surface area (Å²) in [5, 5.41) is 7.30. The first-order valence-corrected chi connectivity index (χ1v) is 19.1. The van der Waals surface area contributed by atoms with E-state index in [0.29, 0.717) is 40.7 Å². The fourth-order valence-electron chi connectivity index (χ4n) is 8.78. The Kier molecular flexibility index (Phi) is 10.6. The topological polar surface area (TPSA) is 78.5 Å². The van der Waals surface area contributed by atoms with E-state index in [9.17, 15) is 23.2 Å². The van der Waals surface area contributed by atoms with E-state index in [1.54, 1.807) is 30.0 Å². The molecule has 4 aromatic rings. The minimum absolute atomic E-state index is 0.0250. The summed E-state index contributed by atoms with van der Waals surface area (Å²) in [5.41, 5.74) is 4.26. The van der Waals surface area contributed by atoms with E-state index in [2.05, 4.69) is 10.6 Å². The highest BCUT2D eigenvalue weighted by Gasteiger charge is 2.51. The molecule has 0 bridgehead atoms. The fraction of sp³-hybridized carbons (Fsp3) is 0.372. The van der Waals surface area contributed by atoms with Gasteiger partial charge in [0.15, 0.2) is 0 Å². The van der Waals surface area contributed by atoms with E-state index in [1.165, 1.54) is 31.0 Å². The average Bonchev–Trinajstić information content (AvgIpc) is 3.93. The molecule has 0 radical (unpaired) electrons. The molecule has 3 atom stereocenters. The Morgan fingerprint density at radius 2 is 1.15 bits per heavy atom. The van der Waals surface area contributed by atoms with Gasteiger partial charge < -0.3 is 15.5 Å². The van der Waals surface area contributed by atoms with Crippen LogP contribution in [0.2, 0.25) is 10.0 Å². The van der Waals surface area contributed by atoms with Gasteiger partial charge in [0.05, 0.1) is 10.8 Å². The summed E-state index contributed by atoms with van der Waals surface area (Å²) in [4.78, 5) is 38.3. The van der Waals surface area contributed by atoms with Crippen LogP contribution in [0.4, 0.5) is 8.78 Å². The molecule has 10 heteroatoms. The first-order chi connectivity index (χ1) is 25.4. The molecule has 0 aromatic heterocycles. The number of hydrogen-bond acceptors (Lipinski definition) is 3. The minimum Gasteiger partial charge on any atom is -0.353 e. The molecule has 1 saturated carbocycles. The Bertz CT molecular complexity index is 2020. The van der Waals surface area contributed by atoms with E-state index in [4.69, 9.17) is 23.2 Å². The Morgan fingerprint density at radius 3 is 1.60 bits per heavy atom. The van der Waals surface area contributed by atoms with Crippen LogP contribution in [0, 0.1) is 22.5 Å². The number of likely N-dealkylation sites (tertiary alicyclic amines) is 1. The molecule has 3 aliphatic heterocycles. The van der Waals surface area contributed by atoms with Crippen LogP contribution in [-0.2, 0) is 27.2 Å². The Morgan fingerprint density at radius 1 is 0.698 bits per heavy atom. The third-order valence-corrected chi connectivity index (χ3v) is 12.1. The molecular weight excluding hydrogens is 715 g/mol. The van der Waals surface area contributed by atoms with Crippen molar-refractivity contribution < 1.29 is 23.2 Å². The van der Waals surface area contributed by atoms with Crippen LogP contribution in [0.15, 0.2) is 84.9 Å². The third-order valence-electron chi connectivity index (χ3n) is 11.6. The summed E-state index contributed by atoms with van der Waals surface area (Å²) in [6.45, 7) is 2.71. The van der Waals surface area contributed by atoms with Gasteiger partial charge in [-0.3, -0.25) is 14.4 Å². The summed E-state index contributed by atoms with van der Waals surface area (Å²) in [6.07, 6.45) is 8.33. The second-order valence-corrected chi connectivity index (χ2v) is 16.1. The van der Waals surface area contributed by atoms with Gasteiger partial charge in [-0.05, 0) is 104 Å². The molecule has 2 spiro atoms. The van der Waals surface area contributed by atoms with Gasteiger partial charge >= 0.3 is 0 Å². The number of halogens is 4. The van der Waals surface area contributed by atoms with Gasteiger partial charge in [-0.15, -0.1) is 0 Å². The van der Waals surface area contributed by atoms with Crippen molar-refractivity contribution in [3.05, 3.63) is 118 Å². The Balaban J connectivity index is 0.000000165. The fourth-order valence-corrected chi connectivity index (χ4v) is 9.12. The first kappa shape index (κ1) is 37.1. The van der Waals surface area contributed by atoms with Crippen LogP contribution >= 0.6 is 23.2 Å². The quantitative estimate of drug-likeness (QED) is 0.206. The summed E-state index contributed by atoms with van der Waals surface area (Å²) in [5.74, 6) is -0.259. The van der Waals surface area contributed by atoms with Crippen molar-refractivity contribution in [2.24, 2.45) is 10.8 Å². The summed E-state index contributed by atoms with van der Waals surface area (Å²) < 4.78 is 28.0. The molecule has 1 unspecified atom stereocenters. The third kappa shape index (κ3) is 8.00. The number of carbonyl (C=O) groups is 3. The highest BCUT2D eigenvalue weighted by molar-refractivity contribution is 6.31. The van der Waals surface area contributed by atoms with E-state index >= 15 is 0 Å². The van der Waals surface area contributed by atoms with Gasteiger partial charge in [0.2, 0.25) is 17.7 Å². The minimum atomic E-state index is -0.444. The maximum atomic E-state index is 14.1. The summed E-state index contributed by atoms with van der Waals surface area (Å²) in [7, 11) is 0. The van der Waals surface area contributed by atoms with Gasteiger partial charge in [-0.2, -0.15) is 0 Å². The molecule has 53 heavy (non-hydrogen) atoms. The van der Waals surface area contributed by atoms with Crippen LogP contribution in [0.1, 0.15) is 63.0 Å². The van der Waals surface area contributed by atoms with Crippen molar-refractivity contribution in [2.75, 3.05) is 13.1 Å². The van der Waals surface area contributed by atoms with E-state index < -0.39 is 5.41 Å². The lowest BCUT2D eigenvalue weighted by molar-refractivity contribution is -0.130. The van der Waals surface area contributed by atoms with E-state index in [0.717, 1.165) is 60.8 Å². The van der Waals surface area contributed by atoms with E-state index in [1.807, 2.05) is 48.5 Å². The van der Waals surface area contributed by atoms with Crippen LogP contribution in [0.3, 0.4) is 0 Å². The van der Waals surface area contributed by atoms with Crippen molar-refractivity contribution >= 4 is 40.9 Å². The smallest absolute Gasteiger partial charge is 0.228 e. The van der Waals surface area contributed by atoms with Crippen molar-refractivity contribution in [2.45, 2.75) is 76.8 Å². The molecule has 3 heterocycles. The van der Waals surface area contributed by atoms with Gasteiger partial charge in [0.1, 0.15) is 11.6 Å². The first-order valence-electron chi connectivity index (χ1n) is 18.4. The molecule has 4 aliphatic rings. The molecule has 3 amide bonds. The van der Waals surface area contributed by atoms with Gasteiger partial charge in [0.25, 0.3) is 0 Å². The van der Waals surface area contributed by atoms with Gasteiger partial charge in [-0.25, -0.2) is 8.78 Å². The second-order valence-electron chi connectivity index (χ2n) is 15.3. The Labute approximate surface area is 319 Å². The highest BCUT2D eigenvalue weighted by Crippen LogP contribution is 2.46. The van der Waals surface area contributed by atoms with Gasteiger partial charge in [-0.1, -0.05) is 84.6 Å². The lowest BCUT2D eigenvalue weighted by Gasteiger charge is -2.20. The molecule has 6 nitrogen and oxygen atoms in total. The lowest BCUT2D eigenvalue weighted by Crippen LogP contribution is -2.36. The SMILES string of the molecule is CC(=O)N1CCC2(C[C@@H](Cc3ccc(-c4cc(Cl)ccc4F)cc3)NC2=O)C1.O=C1N[C@H](Cc2ccc(-c3cc(Cl)ccc3F)cc2)CC12CCCC2.